The van der Waals surface area contributed by atoms with Gasteiger partial charge in [-0.1, -0.05) is 53.7 Å². The van der Waals surface area contributed by atoms with E-state index in [1.807, 2.05) is 41.3 Å². The molecular weight excluding hydrogens is 444 g/mol. The lowest BCUT2D eigenvalue weighted by Crippen LogP contribution is -2.37. The second-order valence-electron chi connectivity index (χ2n) is 7.33. The molecular formula is C21H21ClN2O4S2. The van der Waals surface area contributed by atoms with Crippen LogP contribution in [-0.4, -0.2) is 54.3 Å². The van der Waals surface area contributed by atoms with Gasteiger partial charge in [0.15, 0.2) is 15.0 Å². The molecule has 0 aromatic heterocycles. The first-order valence-corrected chi connectivity index (χ1v) is 12.5. The molecule has 0 unspecified atom stereocenters. The summed E-state index contributed by atoms with van der Waals surface area (Å²) in [7, 11) is -1.48. The molecule has 2 saturated heterocycles. The number of amides is 1. The summed E-state index contributed by atoms with van der Waals surface area (Å²) in [5.41, 5.74) is 1.72. The quantitative estimate of drug-likeness (QED) is 0.676. The Morgan fingerprint density at radius 1 is 1.20 bits per heavy atom. The summed E-state index contributed by atoms with van der Waals surface area (Å²) in [5.74, 6) is 0.644. The van der Waals surface area contributed by atoms with Crippen molar-refractivity contribution in [3.8, 4) is 5.75 Å². The number of hydrogen-bond donors (Lipinski definition) is 0. The summed E-state index contributed by atoms with van der Waals surface area (Å²) in [6.07, 6.45) is 0.105. The Balaban J connectivity index is 1.57. The highest BCUT2D eigenvalue weighted by atomic mass is 35.5. The number of methoxy groups -OCH3 is 1. The van der Waals surface area contributed by atoms with Crippen LogP contribution in [0, 0.1) is 0 Å². The van der Waals surface area contributed by atoms with Crippen LogP contribution in [0.5, 0.6) is 5.75 Å². The third-order valence-corrected chi connectivity index (χ3v) is 8.82. The molecule has 9 heteroatoms. The van der Waals surface area contributed by atoms with E-state index in [9.17, 15) is 13.2 Å². The molecule has 1 amide bonds. The Kier molecular flexibility index (Phi) is 6.09. The maximum absolute atomic E-state index is 12.6. The molecule has 2 aliphatic heterocycles. The Morgan fingerprint density at radius 2 is 1.93 bits per heavy atom. The van der Waals surface area contributed by atoms with E-state index in [0.29, 0.717) is 16.7 Å². The summed E-state index contributed by atoms with van der Waals surface area (Å²) < 4.78 is 29.5. The number of ether oxygens (including phenoxy) is 1. The van der Waals surface area contributed by atoms with Gasteiger partial charge in [0.05, 0.1) is 31.1 Å². The van der Waals surface area contributed by atoms with Gasteiger partial charge < -0.3 is 9.64 Å². The third kappa shape index (κ3) is 4.66. The number of sulfone groups is 1. The zero-order valence-corrected chi connectivity index (χ0v) is 18.7. The predicted octanol–water partition coefficient (Wildman–Crippen LogP) is 3.19. The van der Waals surface area contributed by atoms with Crippen LogP contribution >= 0.6 is 23.4 Å². The van der Waals surface area contributed by atoms with E-state index >= 15 is 0 Å². The standard InChI is InChI=1S/C21H21ClN2O4S2/c1-28-16-8-6-14(7-9-16)11-24-18-12-30(26,27)13-19(18)29-21(24)23-20(25)10-15-4-2-3-5-17(15)22/h2-9,18-19H,10-13H2,1H3/t18-,19+/m0/s1. The minimum absolute atomic E-state index is 0.0819. The van der Waals surface area contributed by atoms with Crippen molar-refractivity contribution in [1.82, 2.24) is 4.90 Å². The first-order valence-electron chi connectivity index (χ1n) is 9.46. The van der Waals surface area contributed by atoms with E-state index in [4.69, 9.17) is 16.3 Å². The maximum atomic E-state index is 12.6. The maximum Gasteiger partial charge on any atom is 0.252 e. The van der Waals surface area contributed by atoms with Gasteiger partial charge in [0.25, 0.3) is 5.91 Å². The van der Waals surface area contributed by atoms with Crippen LogP contribution in [0.3, 0.4) is 0 Å². The molecule has 158 valence electrons. The number of benzene rings is 2. The van der Waals surface area contributed by atoms with Gasteiger partial charge in [-0.15, -0.1) is 0 Å². The predicted molar refractivity (Wildman–Crippen MR) is 120 cm³/mol. The van der Waals surface area contributed by atoms with E-state index in [0.717, 1.165) is 16.9 Å². The fourth-order valence-electron chi connectivity index (χ4n) is 3.70. The van der Waals surface area contributed by atoms with E-state index in [-0.39, 0.29) is 35.1 Å². The molecule has 0 bridgehead atoms. The minimum Gasteiger partial charge on any atom is -0.497 e. The van der Waals surface area contributed by atoms with Crippen molar-refractivity contribution in [3.63, 3.8) is 0 Å². The number of amidine groups is 1. The SMILES string of the molecule is COc1ccc(CN2C(=NC(=O)Cc3ccccc3Cl)S[C@@H]3CS(=O)(=O)C[C@@H]32)cc1. The number of rotatable bonds is 5. The molecule has 0 radical (unpaired) electrons. The molecule has 0 saturated carbocycles. The average Bonchev–Trinajstić information content (AvgIpc) is 3.16. The average molecular weight is 465 g/mol. The van der Waals surface area contributed by atoms with Crippen molar-refractivity contribution in [2.75, 3.05) is 18.6 Å². The van der Waals surface area contributed by atoms with E-state index in [2.05, 4.69) is 4.99 Å². The zero-order chi connectivity index (χ0) is 21.3. The van der Waals surface area contributed by atoms with Gasteiger partial charge in [-0.05, 0) is 29.3 Å². The molecule has 2 heterocycles. The van der Waals surface area contributed by atoms with Crippen LogP contribution in [0.15, 0.2) is 53.5 Å². The molecule has 2 fully saturated rings. The highest BCUT2D eigenvalue weighted by Crippen LogP contribution is 2.39. The second-order valence-corrected chi connectivity index (χ2v) is 11.1. The number of nitrogens with zero attached hydrogens (tertiary/aromatic N) is 2. The normalized spacial score (nSPS) is 23.5. The number of carbonyl (C=O) groups is 1. The number of thioether (sulfide) groups is 1. The number of aliphatic imine (C=N–C) groups is 1. The molecule has 2 aromatic rings. The Bertz CT molecular complexity index is 1090. The van der Waals surface area contributed by atoms with Crippen LogP contribution in [0.25, 0.3) is 0 Å². The molecule has 2 atom stereocenters. The van der Waals surface area contributed by atoms with Gasteiger partial charge in [0.1, 0.15) is 5.75 Å². The first kappa shape index (κ1) is 21.2. The van der Waals surface area contributed by atoms with Gasteiger partial charge in [0, 0.05) is 16.8 Å². The topological polar surface area (TPSA) is 76.0 Å². The third-order valence-electron chi connectivity index (χ3n) is 5.21. The lowest BCUT2D eigenvalue weighted by atomic mass is 10.1. The van der Waals surface area contributed by atoms with E-state index in [1.54, 1.807) is 19.2 Å². The molecule has 4 rings (SSSR count). The molecule has 6 nitrogen and oxygen atoms in total. The largest absolute Gasteiger partial charge is 0.497 e. The number of carbonyl (C=O) groups excluding carboxylic acids is 1. The van der Waals surface area contributed by atoms with Crippen LogP contribution in [0.2, 0.25) is 5.02 Å². The van der Waals surface area contributed by atoms with Gasteiger partial charge >= 0.3 is 0 Å². The molecule has 2 aliphatic rings. The lowest BCUT2D eigenvalue weighted by molar-refractivity contribution is -0.117. The Hall–Kier alpha value is -2.03. The molecule has 30 heavy (non-hydrogen) atoms. The monoisotopic (exact) mass is 464 g/mol. The van der Waals surface area contributed by atoms with Crippen molar-refractivity contribution in [2.45, 2.75) is 24.3 Å². The number of halogens is 1. The highest BCUT2D eigenvalue weighted by Gasteiger charge is 2.48. The van der Waals surface area contributed by atoms with Gasteiger partial charge in [-0.25, -0.2) is 8.42 Å². The van der Waals surface area contributed by atoms with Gasteiger partial charge in [-0.3, -0.25) is 4.79 Å². The van der Waals surface area contributed by atoms with Crippen molar-refractivity contribution in [1.29, 1.82) is 0 Å². The molecule has 2 aromatic carbocycles. The smallest absolute Gasteiger partial charge is 0.252 e. The minimum atomic E-state index is -3.09. The molecule has 0 N–H and O–H groups in total. The summed E-state index contributed by atoms with van der Waals surface area (Å²) in [6.45, 7) is 0.478. The van der Waals surface area contributed by atoms with Gasteiger partial charge in [0.2, 0.25) is 0 Å². The zero-order valence-electron chi connectivity index (χ0n) is 16.3. The molecule has 0 spiro atoms. The van der Waals surface area contributed by atoms with Crippen LogP contribution < -0.4 is 4.74 Å². The van der Waals surface area contributed by atoms with Crippen LogP contribution in [0.4, 0.5) is 0 Å². The molecule has 0 aliphatic carbocycles. The number of hydrogen-bond acceptors (Lipinski definition) is 5. The number of fused-ring (bicyclic) bond motifs is 1. The van der Waals surface area contributed by atoms with Crippen molar-refractivity contribution in [3.05, 3.63) is 64.7 Å². The van der Waals surface area contributed by atoms with E-state index < -0.39 is 9.84 Å². The van der Waals surface area contributed by atoms with E-state index in [1.165, 1.54) is 11.8 Å². The van der Waals surface area contributed by atoms with Crippen molar-refractivity contribution in [2.24, 2.45) is 4.99 Å². The Morgan fingerprint density at radius 3 is 2.63 bits per heavy atom. The van der Waals surface area contributed by atoms with Crippen LogP contribution in [-0.2, 0) is 27.6 Å². The fourth-order valence-corrected chi connectivity index (χ4v) is 7.87. The highest BCUT2D eigenvalue weighted by molar-refractivity contribution is 8.15. The Labute approximate surface area is 185 Å². The van der Waals surface area contributed by atoms with Crippen molar-refractivity contribution >= 4 is 44.3 Å². The van der Waals surface area contributed by atoms with Crippen LogP contribution in [0.1, 0.15) is 11.1 Å². The first-order chi connectivity index (χ1) is 14.3. The summed E-state index contributed by atoms with van der Waals surface area (Å²) in [6, 6.07) is 14.6. The summed E-state index contributed by atoms with van der Waals surface area (Å²) in [4.78, 5) is 18.9. The lowest BCUT2D eigenvalue weighted by Gasteiger charge is -2.24. The summed E-state index contributed by atoms with van der Waals surface area (Å²) >= 11 is 7.54. The summed E-state index contributed by atoms with van der Waals surface area (Å²) in [5, 5.41) is 0.996. The fraction of sp³-hybridized carbons (Fsp3) is 0.333. The van der Waals surface area contributed by atoms with Crippen molar-refractivity contribution < 1.29 is 17.9 Å². The van der Waals surface area contributed by atoms with Gasteiger partial charge in [-0.2, -0.15) is 4.99 Å². The second kappa shape index (κ2) is 8.61.